The van der Waals surface area contributed by atoms with E-state index in [1.54, 1.807) is 59.7 Å². The summed E-state index contributed by atoms with van der Waals surface area (Å²) in [4.78, 5) is 31.1. The maximum atomic E-state index is 15.9. The monoisotopic (exact) mass is 558 g/mol. The van der Waals surface area contributed by atoms with Gasteiger partial charge < -0.3 is 18.9 Å². The summed E-state index contributed by atoms with van der Waals surface area (Å²) in [7, 11) is 0. The highest BCUT2D eigenvalue weighted by atomic mass is 79.9. The van der Waals surface area contributed by atoms with Gasteiger partial charge >= 0.3 is 24.1 Å². The molecule has 2 amide bonds. The highest BCUT2D eigenvalue weighted by Gasteiger charge is 2.76. The molecule has 2 aliphatic heterocycles. The van der Waals surface area contributed by atoms with Crippen molar-refractivity contribution < 1.29 is 37.3 Å². The van der Waals surface area contributed by atoms with Crippen LogP contribution in [0.25, 0.3) is 0 Å². The second-order valence-electron chi connectivity index (χ2n) is 11.1. The molecule has 2 heterocycles. The minimum atomic E-state index is -3.46. The number of benzene rings is 1. The number of alkyl halides is 2. The molecule has 1 saturated carbocycles. The SMILES string of the molecule is CC(C)(C)OC(=O)N(C(=O)OC(C)(C)C)C1=NC2(c3cc(Br)ccc3OCC23CC3)C(F)(F)CO1. The third kappa shape index (κ3) is 4.47. The molecule has 0 saturated heterocycles. The number of ether oxygens (including phenoxy) is 4. The Morgan fingerprint density at radius 1 is 1.00 bits per heavy atom. The van der Waals surface area contributed by atoms with Crippen LogP contribution >= 0.6 is 15.9 Å². The molecule has 0 radical (unpaired) electrons. The smallest absolute Gasteiger partial charge is 0.428 e. The fourth-order valence-electron chi connectivity index (χ4n) is 4.42. The first-order chi connectivity index (χ1) is 16.0. The van der Waals surface area contributed by atoms with Crippen molar-refractivity contribution in [2.45, 2.75) is 77.0 Å². The summed E-state index contributed by atoms with van der Waals surface area (Å²) in [6.45, 7) is 8.61. The standard InChI is InChI=1S/C24H29BrF2N2O6/c1-20(2,3)34-18(30)29(19(31)35-21(4,5)6)17-28-24(23(26,27)13-33-17)15-11-14(25)7-8-16(15)32-12-22(24)9-10-22/h7-8,11H,9-10,12-13H2,1-6H3. The van der Waals surface area contributed by atoms with Crippen molar-refractivity contribution in [3.63, 3.8) is 0 Å². The summed E-state index contributed by atoms with van der Waals surface area (Å²) in [6, 6.07) is 4.22. The van der Waals surface area contributed by atoms with E-state index >= 15 is 8.78 Å². The molecule has 3 aliphatic rings. The predicted octanol–water partition coefficient (Wildman–Crippen LogP) is 6.01. The number of amides is 2. The second kappa shape index (κ2) is 8.04. The molecule has 1 aromatic rings. The molecule has 1 fully saturated rings. The van der Waals surface area contributed by atoms with Crippen molar-refractivity contribution in [3.8, 4) is 5.75 Å². The highest BCUT2D eigenvalue weighted by molar-refractivity contribution is 9.10. The Bertz CT molecular complexity index is 1060. The van der Waals surface area contributed by atoms with Crippen molar-refractivity contribution in [3.05, 3.63) is 28.2 Å². The largest absolute Gasteiger partial charge is 0.493 e. The van der Waals surface area contributed by atoms with Crippen LogP contribution in [0.4, 0.5) is 18.4 Å². The fraction of sp³-hybridized carbons (Fsp3) is 0.625. The average molecular weight is 559 g/mol. The number of fused-ring (bicyclic) bond motifs is 3. The van der Waals surface area contributed by atoms with Gasteiger partial charge in [-0.2, -0.15) is 8.78 Å². The highest BCUT2D eigenvalue weighted by Crippen LogP contribution is 2.69. The van der Waals surface area contributed by atoms with E-state index < -0.39 is 52.9 Å². The van der Waals surface area contributed by atoms with E-state index in [-0.39, 0.29) is 17.9 Å². The summed E-state index contributed by atoms with van der Waals surface area (Å²) >= 11 is 3.35. The fourth-order valence-corrected chi connectivity index (χ4v) is 4.78. The van der Waals surface area contributed by atoms with Crippen LogP contribution in [0.2, 0.25) is 0 Å². The Kier molecular flexibility index (Phi) is 5.89. The number of hydrogen-bond donors (Lipinski definition) is 0. The predicted molar refractivity (Wildman–Crippen MR) is 126 cm³/mol. The normalized spacial score (nSPS) is 24.0. The molecule has 0 aromatic heterocycles. The van der Waals surface area contributed by atoms with E-state index in [9.17, 15) is 9.59 Å². The van der Waals surface area contributed by atoms with Gasteiger partial charge in [-0.1, -0.05) is 15.9 Å². The first-order valence-corrected chi connectivity index (χ1v) is 12.1. The van der Waals surface area contributed by atoms with Gasteiger partial charge in [0.05, 0.1) is 6.61 Å². The average Bonchev–Trinajstić information content (AvgIpc) is 3.45. The van der Waals surface area contributed by atoms with Crippen LogP contribution in [0, 0.1) is 5.41 Å². The van der Waals surface area contributed by atoms with E-state index in [1.165, 1.54) is 0 Å². The van der Waals surface area contributed by atoms with Gasteiger partial charge in [0.2, 0.25) is 0 Å². The third-order valence-corrected chi connectivity index (χ3v) is 6.47. The van der Waals surface area contributed by atoms with Crippen molar-refractivity contribution in [1.29, 1.82) is 0 Å². The number of halogens is 3. The van der Waals surface area contributed by atoms with Crippen LogP contribution in [0.3, 0.4) is 0 Å². The lowest BCUT2D eigenvalue weighted by Gasteiger charge is -2.49. The molecule has 1 aromatic carbocycles. The number of nitrogens with zero attached hydrogens (tertiary/aromatic N) is 2. The van der Waals surface area contributed by atoms with E-state index in [0.29, 0.717) is 22.2 Å². The van der Waals surface area contributed by atoms with Gasteiger partial charge in [0, 0.05) is 15.5 Å². The Morgan fingerprint density at radius 2 is 1.57 bits per heavy atom. The van der Waals surface area contributed by atoms with Crippen LogP contribution in [0.1, 0.15) is 59.9 Å². The molecule has 1 unspecified atom stereocenters. The van der Waals surface area contributed by atoms with Gasteiger partial charge in [0.15, 0.2) is 12.1 Å². The minimum Gasteiger partial charge on any atom is -0.493 e. The molecule has 35 heavy (non-hydrogen) atoms. The number of carbonyl (C=O) groups is 2. The van der Waals surface area contributed by atoms with Crippen molar-refractivity contribution >= 4 is 34.1 Å². The summed E-state index contributed by atoms with van der Waals surface area (Å²) < 4.78 is 54.3. The maximum Gasteiger partial charge on any atom is 0.428 e. The second-order valence-corrected chi connectivity index (χ2v) is 12.0. The Labute approximate surface area is 211 Å². The Hall–Kier alpha value is -2.43. The minimum absolute atomic E-state index is 0.0207. The van der Waals surface area contributed by atoms with Crippen molar-refractivity contribution in [2.75, 3.05) is 13.2 Å². The zero-order valence-corrected chi connectivity index (χ0v) is 22.1. The summed E-state index contributed by atoms with van der Waals surface area (Å²) in [6.07, 6.45) is -1.41. The van der Waals surface area contributed by atoms with Gasteiger partial charge in [-0.15, -0.1) is 4.90 Å². The van der Waals surface area contributed by atoms with Gasteiger partial charge in [-0.3, -0.25) is 0 Å². The lowest BCUT2D eigenvalue weighted by Crippen LogP contribution is -2.62. The number of imide groups is 1. The molecule has 8 nitrogen and oxygen atoms in total. The van der Waals surface area contributed by atoms with E-state index in [0.717, 1.165) is 0 Å². The molecule has 0 bridgehead atoms. The Balaban J connectivity index is 1.90. The van der Waals surface area contributed by atoms with Crippen molar-refractivity contribution in [1.82, 2.24) is 4.90 Å². The lowest BCUT2D eigenvalue weighted by molar-refractivity contribution is -0.162. The van der Waals surface area contributed by atoms with Crippen LogP contribution in [-0.2, 0) is 19.7 Å². The molecule has 2 spiro atoms. The zero-order valence-electron chi connectivity index (χ0n) is 20.5. The van der Waals surface area contributed by atoms with Gasteiger partial charge in [0.1, 0.15) is 17.0 Å². The first-order valence-electron chi connectivity index (χ1n) is 11.3. The molecule has 0 N–H and O–H groups in total. The summed E-state index contributed by atoms with van der Waals surface area (Å²) in [5.74, 6) is -3.20. The number of aliphatic imine (C=N–C) groups is 1. The number of carbonyl (C=O) groups excluding carboxylic acids is 2. The topological polar surface area (TPSA) is 86.7 Å². The van der Waals surface area contributed by atoms with E-state index in [2.05, 4.69) is 20.9 Å². The van der Waals surface area contributed by atoms with E-state index in [1.807, 2.05) is 0 Å². The lowest BCUT2D eigenvalue weighted by atomic mass is 9.69. The van der Waals surface area contributed by atoms with E-state index in [4.69, 9.17) is 18.9 Å². The maximum absolute atomic E-state index is 15.9. The first kappa shape index (κ1) is 25.7. The summed E-state index contributed by atoms with van der Waals surface area (Å²) in [5, 5.41) is 0. The van der Waals surface area contributed by atoms with Crippen molar-refractivity contribution in [2.24, 2.45) is 10.4 Å². The summed E-state index contributed by atoms with van der Waals surface area (Å²) in [5.41, 5.74) is -4.95. The molecule has 1 atom stereocenters. The van der Waals surface area contributed by atoms with Crippen LogP contribution < -0.4 is 4.74 Å². The molecular weight excluding hydrogens is 530 g/mol. The van der Waals surface area contributed by atoms with Crippen LogP contribution in [-0.4, -0.2) is 53.4 Å². The molecule has 4 rings (SSSR count). The molecule has 1 aliphatic carbocycles. The molecular formula is C24H29BrF2N2O6. The number of amidine groups is 1. The quantitative estimate of drug-likeness (QED) is 0.387. The number of rotatable bonds is 0. The molecule has 11 heteroatoms. The van der Waals surface area contributed by atoms with Gasteiger partial charge in [0.25, 0.3) is 0 Å². The third-order valence-electron chi connectivity index (χ3n) is 5.98. The zero-order chi connectivity index (χ0) is 26.0. The van der Waals surface area contributed by atoms with Gasteiger partial charge in [-0.05, 0) is 72.6 Å². The Morgan fingerprint density at radius 3 is 2.09 bits per heavy atom. The van der Waals surface area contributed by atoms with Crippen LogP contribution in [0.15, 0.2) is 27.7 Å². The van der Waals surface area contributed by atoms with Crippen LogP contribution in [0.5, 0.6) is 5.75 Å². The van der Waals surface area contributed by atoms with Gasteiger partial charge in [-0.25, -0.2) is 14.6 Å². The number of hydrogen-bond acceptors (Lipinski definition) is 7. The molecule has 192 valence electrons.